The van der Waals surface area contributed by atoms with Crippen molar-refractivity contribution >= 4 is 22.9 Å². The first-order valence-electron chi connectivity index (χ1n) is 7.39. The molecule has 24 heavy (non-hydrogen) atoms. The average Bonchev–Trinajstić information content (AvgIpc) is 2.91. The lowest BCUT2D eigenvalue weighted by atomic mass is 10.0. The number of carbonyl (C=O) groups excluding carboxylic acids is 1. The molecule has 0 atom stereocenters. The summed E-state index contributed by atoms with van der Waals surface area (Å²) in [5, 5.41) is 9.96. The molecule has 122 valence electrons. The van der Waals surface area contributed by atoms with E-state index < -0.39 is 5.97 Å². The highest BCUT2D eigenvalue weighted by atomic mass is 16.4. The van der Waals surface area contributed by atoms with Crippen molar-refractivity contribution in [2.75, 3.05) is 14.1 Å². The standard InChI is InChI=1S/C18H17N3O3/c1-20(2)17(22)12-6-4-5-11(7-12)14-8-13-9-15(18(23)24)21(3)16(13)19-10-14/h4-10H,1-3H3,(H,23,24). The lowest BCUT2D eigenvalue weighted by Gasteiger charge is -2.11. The number of benzene rings is 1. The first-order chi connectivity index (χ1) is 11.4. The molecule has 0 saturated carbocycles. The Morgan fingerprint density at radius 2 is 1.88 bits per heavy atom. The van der Waals surface area contributed by atoms with Crippen LogP contribution < -0.4 is 0 Å². The van der Waals surface area contributed by atoms with Crippen LogP contribution in [0.1, 0.15) is 20.8 Å². The molecular weight excluding hydrogens is 306 g/mol. The Kier molecular flexibility index (Phi) is 3.81. The van der Waals surface area contributed by atoms with Crippen LogP contribution in [0.5, 0.6) is 0 Å². The molecule has 0 fully saturated rings. The fraction of sp³-hybridized carbons (Fsp3) is 0.167. The van der Waals surface area contributed by atoms with E-state index in [2.05, 4.69) is 4.98 Å². The Morgan fingerprint density at radius 3 is 2.54 bits per heavy atom. The molecule has 0 unspecified atom stereocenters. The van der Waals surface area contributed by atoms with E-state index in [0.29, 0.717) is 11.2 Å². The molecular formula is C18H17N3O3. The predicted octanol–water partition coefficient (Wildman–Crippen LogP) is 2.64. The molecule has 0 aliphatic rings. The molecule has 2 aromatic heterocycles. The number of aromatic carboxylic acids is 1. The minimum absolute atomic E-state index is 0.0706. The van der Waals surface area contributed by atoms with E-state index in [-0.39, 0.29) is 11.6 Å². The van der Waals surface area contributed by atoms with Gasteiger partial charge in [-0.3, -0.25) is 4.79 Å². The summed E-state index contributed by atoms with van der Waals surface area (Å²) in [5.74, 6) is -1.06. The summed E-state index contributed by atoms with van der Waals surface area (Å²) >= 11 is 0. The van der Waals surface area contributed by atoms with Crippen LogP contribution in [0.25, 0.3) is 22.2 Å². The first-order valence-corrected chi connectivity index (χ1v) is 7.39. The lowest BCUT2D eigenvalue weighted by Crippen LogP contribution is -2.21. The second-order valence-electron chi connectivity index (χ2n) is 5.81. The molecule has 1 N–H and O–H groups in total. The molecule has 0 radical (unpaired) electrons. The SMILES string of the molecule is CN(C)C(=O)c1cccc(-c2cnc3c(c2)cc(C(=O)O)n3C)c1. The highest BCUT2D eigenvalue weighted by Crippen LogP contribution is 2.25. The zero-order chi connectivity index (χ0) is 17.4. The zero-order valence-corrected chi connectivity index (χ0v) is 13.6. The van der Waals surface area contributed by atoms with Crippen molar-refractivity contribution < 1.29 is 14.7 Å². The van der Waals surface area contributed by atoms with Gasteiger partial charge in [0.05, 0.1) is 0 Å². The monoisotopic (exact) mass is 323 g/mol. The smallest absolute Gasteiger partial charge is 0.352 e. The minimum Gasteiger partial charge on any atom is -0.477 e. The van der Waals surface area contributed by atoms with Crippen LogP contribution in [-0.2, 0) is 7.05 Å². The molecule has 0 aliphatic carbocycles. The number of hydrogen-bond acceptors (Lipinski definition) is 3. The van der Waals surface area contributed by atoms with E-state index in [9.17, 15) is 14.7 Å². The van der Waals surface area contributed by atoms with Crippen LogP contribution in [0.2, 0.25) is 0 Å². The van der Waals surface area contributed by atoms with E-state index >= 15 is 0 Å². The molecule has 2 heterocycles. The lowest BCUT2D eigenvalue weighted by molar-refractivity contribution is 0.0686. The van der Waals surface area contributed by atoms with Crippen LogP contribution in [0, 0.1) is 0 Å². The summed E-state index contributed by atoms with van der Waals surface area (Å²) in [6, 6.07) is 10.8. The molecule has 6 nitrogen and oxygen atoms in total. The van der Waals surface area contributed by atoms with Crippen LogP contribution in [-0.4, -0.2) is 45.5 Å². The van der Waals surface area contributed by atoms with Crippen molar-refractivity contribution in [1.82, 2.24) is 14.5 Å². The number of carbonyl (C=O) groups is 2. The molecule has 6 heteroatoms. The number of carboxylic acid groups (broad SMARTS) is 1. The third-order valence-corrected chi connectivity index (χ3v) is 3.93. The van der Waals surface area contributed by atoms with Gasteiger partial charge in [-0.2, -0.15) is 0 Å². The van der Waals surface area contributed by atoms with E-state index in [4.69, 9.17) is 0 Å². The van der Waals surface area contributed by atoms with Gasteiger partial charge in [-0.25, -0.2) is 9.78 Å². The first kappa shape index (κ1) is 15.7. The number of amides is 1. The largest absolute Gasteiger partial charge is 0.477 e. The Bertz CT molecular complexity index is 957. The van der Waals surface area contributed by atoms with Crippen molar-refractivity contribution in [2.24, 2.45) is 7.05 Å². The fourth-order valence-corrected chi connectivity index (χ4v) is 2.67. The minimum atomic E-state index is -0.990. The highest BCUT2D eigenvalue weighted by Gasteiger charge is 2.14. The second-order valence-corrected chi connectivity index (χ2v) is 5.81. The topological polar surface area (TPSA) is 75.4 Å². The molecule has 1 aromatic carbocycles. The summed E-state index contributed by atoms with van der Waals surface area (Å²) in [7, 11) is 5.09. The van der Waals surface area contributed by atoms with Gasteiger partial charge in [0.2, 0.25) is 0 Å². The summed E-state index contributed by atoms with van der Waals surface area (Å²) in [6.07, 6.45) is 1.69. The summed E-state index contributed by atoms with van der Waals surface area (Å²) in [5.41, 5.74) is 3.08. The van der Waals surface area contributed by atoms with Crippen molar-refractivity contribution in [3.63, 3.8) is 0 Å². The number of pyridine rings is 1. The third kappa shape index (κ3) is 2.62. The van der Waals surface area contributed by atoms with E-state index in [1.165, 1.54) is 4.90 Å². The number of fused-ring (bicyclic) bond motifs is 1. The van der Waals surface area contributed by atoms with Gasteiger partial charge >= 0.3 is 5.97 Å². The van der Waals surface area contributed by atoms with Gasteiger partial charge in [-0.1, -0.05) is 12.1 Å². The van der Waals surface area contributed by atoms with Crippen molar-refractivity contribution in [3.05, 3.63) is 53.9 Å². The normalized spacial score (nSPS) is 10.8. The molecule has 1 amide bonds. The highest BCUT2D eigenvalue weighted by molar-refractivity contribution is 5.96. The van der Waals surface area contributed by atoms with Gasteiger partial charge in [-0.05, 0) is 29.8 Å². The predicted molar refractivity (Wildman–Crippen MR) is 91.1 cm³/mol. The Balaban J connectivity index is 2.08. The summed E-state index contributed by atoms with van der Waals surface area (Å²) < 4.78 is 1.55. The van der Waals surface area contributed by atoms with Crippen LogP contribution in [0.15, 0.2) is 42.6 Å². The number of nitrogens with zero attached hydrogens (tertiary/aromatic N) is 3. The van der Waals surface area contributed by atoms with Crippen molar-refractivity contribution in [3.8, 4) is 11.1 Å². The second kappa shape index (κ2) is 5.81. The summed E-state index contributed by atoms with van der Waals surface area (Å²) in [6.45, 7) is 0. The Labute approximate surface area is 139 Å². The maximum absolute atomic E-state index is 12.1. The quantitative estimate of drug-likeness (QED) is 0.804. The fourth-order valence-electron chi connectivity index (χ4n) is 2.67. The number of aryl methyl sites for hydroxylation is 1. The van der Waals surface area contributed by atoms with Crippen LogP contribution in [0.3, 0.4) is 0 Å². The van der Waals surface area contributed by atoms with Crippen molar-refractivity contribution in [2.45, 2.75) is 0 Å². The van der Waals surface area contributed by atoms with Gasteiger partial charge in [0.15, 0.2) is 0 Å². The number of aromatic nitrogens is 2. The molecule has 0 bridgehead atoms. The Morgan fingerprint density at radius 1 is 1.12 bits per heavy atom. The van der Waals surface area contributed by atoms with Crippen LogP contribution in [0.4, 0.5) is 0 Å². The van der Waals surface area contributed by atoms with Crippen molar-refractivity contribution in [1.29, 1.82) is 0 Å². The van der Waals surface area contributed by atoms with Gasteiger partial charge in [0.25, 0.3) is 5.91 Å². The molecule has 3 aromatic rings. The van der Waals surface area contributed by atoms with Crippen LogP contribution >= 0.6 is 0 Å². The van der Waals surface area contributed by atoms with Gasteiger partial charge in [0.1, 0.15) is 11.3 Å². The number of hydrogen-bond donors (Lipinski definition) is 1. The number of rotatable bonds is 3. The Hall–Kier alpha value is -3.15. The maximum atomic E-state index is 12.1. The third-order valence-electron chi connectivity index (χ3n) is 3.93. The van der Waals surface area contributed by atoms with E-state index in [1.807, 2.05) is 24.3 Å². The number of carboxylic acids is 1. The van der Waals surface area contributed by atoms with Gasteiger partial charge in [0, 0.05) is 43.9 Å². The van der Waals surface area contributed by atoms with E-state index in [1.54, 1.807) is 44.0 Å². The maximum Gasteiger partial charge on any atom is 0.352 e. The summed E-state index contributed by atoms with van der Waals surface area (Å²) in [4.78, 5) is 29.2. The molecule has 0 aliphatic heterocycles. The zero-order valence-electron chi connectivity index (χ0n) is 13.6. The molecule has 3 rings (SSSR count). The van der Waals surface area contributed by atoms with E-state index in [0.717, 1.165) is 16.5 Å². The van der Waals surface area contributed by atoms with Gasteiger partial charge < -0.3 is 14.6 Å². The molecule has 0 saturated heterocycles. The average molecular weight is 323 g/mol. The molecule has 0 spiro atoms. The van der Waals surface area contributed by atoms with Gasteiger partial charge in [-0.15, -0.1) is 0 Å².